The van der Waals surface area contributed by atoms with Gasteiger partial charge in [0.15, 0.2) is 6.61 Å². The molecule has 5 heteroatoms. The van der Waals surface area contributed by atoms with E-state index >= 15 is 0 Å². The highest BCUT2D eigenvalue weighted by atomic mass is 19.1. The number of ether oxygens (including phenoxy) is 1. The summed E-state index contributed by atoms with van der Waals surface area (Å²) in [7, 11) is 0. The summed E-state index contributed by atoms with van der Waals surface area (Å²) in [5.74, 6) is -0.810. The van der Waals surface area contributed by atoms with E-state index in [1.54, 1.807) is 12.1 Å². The van der Waals surface area contributed by atoms with Gasteiger partial charge in [0.2, 0.25) is 0 Å². The fourth-order valence-electron chi connectivity index (χ4n) is 1.72. The van der Waals surface area contributed by atoms with E-state index in [0.717, 1.165) is 11.6 Å². The molecule has 0 aliphatic heterocycles. The highest BCUT2D eigenvalue weighted by molar-refractivity contribution is 5.92. The van der Waals surface area contributed by atoms with E-state index in [1.165, 1.54) is 12.1 Å². The second kappa shape index (κ2) is 6.53. The normalized spacial score (nSPS) is 9.76. The number of hydrogen-bond acceptors (Lipinski definition) is 3. The number of nitrogens with zero attached hydrogens (tertiary/aromatic N) is 1. The van der Waals surface area contributed by atoms with Crippen molar-refractivity contribution in [2.45, 2.75) is 6.92 Å². The predicted molar refractivity (Wildman–Crippen MR) is 76.4 cm³/mol. The van der Waals surface area contributed by atoms with Crippen LogP contribution in [0, 0.1) is 24.1 Å². The van der Waals surface area contributed by atoms with Gasteiger partial charge < -0.3 is 10.1 Å². The summed E-state index contributed by atoms with van der Waals surface area (Å²) >= 11 is 0. The first-order valence-corrected chi connectivity index (χ1v) is 6.28. The maximum Gasteiger partial charge on any atom is 0.262 e. The number of nitrogens with one attached hydrogen (secondary N) is 1. The first-order chi connectivity index (χ1) is 10.1. The van der Waals surface area contributed by atoms with Gasteiger partial charge in [-0.25, -0.2) is 4.39 Å². The molecule has 0 fully saturated rings. The zero-order valence-electron chi connectivity index (χ0n) is 11.4. The summed E-state index contributed by atoms with van der Waals surface area (Å²) in [6.45, 7) is 1.64. The Morgan fingerprint density at radius 3 is 2.76 bits per heavy atom. The summed E-state index contributed by atoms with van der Waals surface area (Å²) in [6, 6.07) is 12.9. The van der Waals surface area contributed by atoms with Gasteiger partial charge in [-0.15, -0.1) is 0 Å². The lowest BCUT2D eigenvalue weighted by atomic mass is 10.2. The minimum atomic E-state index is -0.672. The van der Waals surface area contributed by atoms with E-state index in [4.69, 9.17) is 10.00 Å². The van der Waals surface area contributed by atoms with E-state index in [9.17, 15) is 9.18 Å². The van der Waals surface area contributed by atoms with Gasteiger partial charge in [-0.1, -0.05) is 18.2 Å². The molecule has 2 aromatic carbocycles. The number of hydrogen-bond donors (Lipinski definition) is 1. The number of aryl methyl sites for hydroxylation is 1. The molecule has 0 spiro atoms. The van der Waals surface area contributed by atoms with Crippen molar-refractivity contribution in [1.82, 2.24) is 0 Å². The second-order valence-corrected chi connectivity index (χ2v) is 4.41. The number of nitriles is 1. The molecule has 0 aliphatic rings. The molecule has 0 saturated carbocycles. The van der Waals surface area contributed by atoms with Crippen LogP contribution in [0.15, 0.2) is 42.5 Å². The number of rotatable bonds is 4. The quantitative estimate of drug-likeness (QED) is 0.938. The molecule has 1 amide bonds. The molecule has 21 heavy (non-hydrogen) atoms. The van der Waals surface area contributed by atoms with Gasteiger partial charge in [-0.05, 0) is 30.7 Å². The molecule has 0 aromatic heterocycles. The smallest absolute Gasteiger partial charge is 0.262 e. The summed E-state index contributed by atoms with van der Waals surface area (Å²) in [4.78, 5) is 11.8. The van der Waals surface area contributed by atoms with E-state index in [1.807, 2.05) is 25.1 Å². The summed E-state index contributed by atoms with van der Waals surface area (Å²) < 4.78 is 18.6. The highest BCUT2D eigenvalue weighted by Gasteiger charge is 2.07. The van der Waals surface area contributed by atoms with Crippen molar-refractivity contribution in [1.29, 1.82) is 5.26 Å². The van der Waals surface area contributed by atoms with Crippen molar-refractivity contribution >= 4 is 11.6 Å². The standard InChI is InChI=1S/C16H13FN2O2/c1-11-4-2-3-5-15(11)19-16(20)10-21-13-7-6-12(9-18)14(17)8-13/h2-8H,10H2,1H3,(H,19,20). The van der Waals surface area contributed by atoms with E-state index in [0.29, 0.717) is 5.69 Å². The fraction of sp³-hybridized carbons (Fsp3) is 0.125. The predicted octanol–water partition coefficient (Wildman–Crippen LogP) is 3.02. The van der Waals surface area contributed by atoms with Gasteiger partial charge in [-0.3, -0.25) is 4.79 Å². The number of amides is 1. The largest absolute Gasteiger partial charge is 0.484 e. The van der Waals surface area contributed by atoms with Crippen molar-refractivity contribution in [3.8, 4) is 11.8 Å². The maximum atomic E-state index is 13.4. The van der Waals surface area contributed by atoms with Crippen LogP contribution in [-0.2, 0) is 4.79 Å². The van der Waals surface area contributed by atoms with Gasteiger partial charge in [0.25, 0.3) is 5.91 Å². The zero-order valence-corrected chi connectivity index (χ0v) is 11.4. The summed E-state index contributed by atoms with van der Waals surface area (Å²) in [5.41, 5.74) is 1.58. The van der Waals surface area contributed by atoms with Gasteiger partial charge in [0, 0.05) is 11.8 Å². The van der Waals surface area contributed by atoms with Gasteiger partial charge in [-0.2, -0.15) is 5.26 Å². The van der Waals surface area contributed by atoms with Crippen LogP contribution >= 0.6 is 0 Å². The Bertz CT molecular complexity index is 708. The number of carbonyl (C=O) groups is 1. The van der Waals surface area contributed by atoms with Gasteiger partial charge in [0.1, 0.15) is 17.6 Å². The number of anilines is 1. The van der Waals surface area contributed by atoms with Crippen LogP contribution in [-0.4, -0.2) is 12.5 Å². The first-order valence-electron chi connectivity index (χ1n) is 6.28. The molecule has 0 heterocycles. The van der Waals surface area contributed by atoms with Crippen LogP contribution in [0.4, 0.5) is 10.1 Å². The van der Waals surface area contributed by atoms with Crippen LogP contribution in [0.1, 0.15) is 11.1 Å². The molecule has 0 atom stereocenters. The average Bonchev–Trinajstić information content (AvgIpc) is 2.48. The first kappa shape index (κ1) is 14.5. The lowest BCUT2D eigenvalue weighted by molar-refractivity contribution is -0.118. The third-order valence-electron chi connectivity index (χ3n) is 2.85. The lowest BCUT2D eigenvalue weighted by Gasteiger charge is -2.09. The Hall–Kier alpha value is -2.87. The lowest BCUT2D eigenvalue weighted by Crippen LogP contribution is -2.20. The third-order valence-corrected chi connectivity index (χ3v) is 2.85. The Labute approximate surface area is 121 Å². The molecule has 0 radical (unpaired) electrons. The Morgan fingerprint density at radius 1 is 1.33 bits per heavy atom. The number of para-hydroxylation sites is 1. The Kier molecular flexibility index (Phi) is 4.52. The average molecular weight is 284 g/mol. The number of halogens is 1. The van der Waals surface area contributed by atoms with Crippen LogP contribution in [0.3, 0.4) is 0 Å². The van der Waals surface area contributed by atoms with Crippen molar-refractivity contribution in [3.05, 3.63) is 59.4 Å². The molecule has 4 nitrogen and oxygen atoms in total. The summed E-state index contributed by atoms with van der Waals surface area (Å²) in [5, 5.41) is 11.3. The minimum Gasteiger partial charge on any atom is -0.484 e. The molecule has 2 rings (SSSR count). The SMILES string of the molecule is Cc1ccccc1NC(=O)COc1ccc(C#N)c(F)c1. The van der Waals surface area contributed by atoms with Gasteiger partial charge in [0.05, 0.1) is 5.56 Å². The van der Waals surface area contributed by atoms with Crippen LogP contribution in [0.25, 0.3) is 0 Å². The van der Waals surface area contributed by atoms with Crippen LogP contribution in [0.2, 0.25) is 0 Å². The van der Waals surface area contributed by atoms with E-state index in [2.05, 4.69) is 5.32 Å². The fourth-order valence-corrected chi connectivity index (χ4v) is 1.72. The Balaban J connectivity index is 1.94. The monoisotopic (exact) mass is 284 g/mol. The molecular formula is C16H13FN2O2. The molecule has 2 aromatic rings. The van der Waals surface area contributed by atoms with Crippen LogP contribution < -0.4 is 10.1 Å². The molecule has 106 valence electrons. The third kappa shape index (κ3) is 3.80. The van der Waals surface area contributed by atoms with Crippen LogP contribution in [0.5, 0.6) is 5.75 Å². The highest BCUT2D eigenvalue weighted by Crippen LogP contribution is 2.16. The van der Waals surface area contributed by atoms with Crippen molar-refractivity contribution in [2.24, 2.45) is 0 Å². The van der Waals surface area contributed by atoms with E-state index in [-0.39, 0.29) is 23.8 Å². The van der Waals surface area contributed by atoms with Crippen molar-refractivity contribution < 1.29 is 13.9 Å². The van der Waals surface area contributed by atoms with Crippen molar-refractivity contribution in [2.75, 3.05) is 11.9 Å². The second-order valence-electron chi connectivity index (χ2n) is 4.41. The Morgan fingerprint density at radius 2 is 2.10 bits per heavy atom. The van der Waals surface area contributed by atoms with Crippen molar-refractivity contribution in [3.63, 3.8) is 0 Å². The molecule has 0 aliphatic carbocycles. The van der Waals surface area contributed by atoms with Gasteiger partial charge >= 0.3 is 0 Å². The number of benzene rings is 2. The topological polar surface area (TPSA) is 62.1 Å². The zero-order chi connectivity index (χ0) is 15.2. The molecular weight excluding hydrogens is 271 g/mol. The minimum absolute atomic E-state index is 0.0632. The summed E-state index contributed by atoms with van der Waals surface area (Å²) in [6.07, 6.45) is 0. The van der Waals surface area contributed by atoms with E-state index < -0.39 is 5.82 Å². The number of carbonyl (C=O) groups excluding carboxylic acids is 1. The molecule has 0 unspecified atom stereocenters. The molecule has 0 bridgehead atoms. The molecule has 0 saturated heterocycles. The maximum absolute atomic E-state index is 13.4. The molecule has 1 N–H and O–H groups in total.